The van der Waals surface area contributed by atoms with Gasteiger partial charge in [0.15, 0.2) is 5.69 Å². The number of carbonyl (C=O) groups excluding carboxylic acids is 1. The van der Waals surface area contributed by atoms with Crippen LogP contribution in [0, 0.1) is 14.9 Å². The van der Waals surface area contributed by atoms with Crippen molar-refractivity contribution in [2.24, 2.45) is 0 Å². The van der Waals surface area contributed by atoms with Gasteiger partial charge in [0.25, 0.3) is 6.43 Å². The Labute approximate surface area is 116 Å². The van der Waals surface area contributed by atoms with E-state index in [9.17, 15) is 13.6 Å². The lowest BCUT2D eigenvalue weighted by molar-refractivity contribution is -0.142. The van der Waals surface area contributed by atoms with Gasteiger partial charge < -0.3 is 4.74 Å². The molecule has 96 valence electrons. The number of hydrogen-bond acceptors (Lipinski definition) is 4. The fourth-order valence-corrected chi connectivity index (χ4v) is 1.92. The van der Waals surface area contributed by atoms with Gasteiger partial charge in [-0.1, -0.05) is 0 Å². The average molecular weight is 366 g/mol. The van der Waals surface area contributed by atoms with Crippen LogP contribution in [0.3, 0.4) is 0 Å². The second-order valence-corrected chi connectivity index (χ2v) is 4.34. The van der Waals surface area contributed by atoms with E-state index in [1.807, 2.05) is 0 Å². The third kappa shape index (κ3) is 3.60. The summed E-state index contributed by atoms with van der Waals surface area (Å²) in [5, 5.41) is 8.81. The molecule has 0 amide bonds. The lowest BCUT2D eigenvalue weighted by atomic mass is 10.1. The van der Waals surface area contributed by atoms with Crippen molar-refractivity contribution in [2.75, 3.05) is 6.61 Å². The summed E-state index contributed by atoms with van der Waals surface area (Å²) in [6.07, 6.45) is -2.94. The molecule has 1 aromatic heterocycles. The maximum absolute atomic E-state index is 12.8. The van der Waals surface area contributed by atoms with Crippen LogP contribution in [-0.4, -0.2) is 17.6 Å². The maximum Gasteiger partial charge on any atom is 0.311 e. The molecule has 0 aromatic carbocycles. The summed E-state index contributed by atoms with van der Waals surface area (Å²) in [6.45, 7) is 1.85. The highest BCUT2D eigenvalue weighted by molar-refractivity contribution is 14.1. The quantitative estimate of drug-likeness (QED) is 0.607. The zero-order chi connectivity index (χ0) is 13.7. The minimum atomic E-state index is -2.71. The van der Waals surface area contributed by atoms with E-state index in [1.165, 1.54) is 0 Å². The highest BCUT2D eigenvalue weighted by atomic mass is 127. The molecule has 0 aliphatic heterocycles. The van der Waals surface area contributed by atoms with Gasteiger partial charge >= 0.3 is 5.97 Å². The van der Waals surface area contributed by atoms with Crippen molar-refractivity contribution in [3.8, 4) is 6.07 Å². The van der Waals surface area contributed by atoms with Crippen LogP contribution < -0.4 is 0 Å². The number of hydrogen-bond donors (Lipinski definition) is 0. The number of rotatable bonds is 4. The third-order valence-electron chi connectivity index (χ3n) is 2.01. The summed E-state index contributed by atoms with van der Waals surface area (Å²) in [4.78, 5) is 15.1. The van der Waals surface area contributed by atoms with E-state index in [2.05, 4.69) is 4.98 Å². The molecular weight excluding hydrogens is 357 g/mol. The number of aromatic nitrogens is 1. The minimum absolute atomic E-state index is 0.104. The molecule has 4 nitrogen and oxygen atoms in total. The van der Waals surface area contributed by atoms with E-state index in [1.54, 1.807) is 35.6 Å². The van der Waals surface area contributed by atoms with Gasteiger partial charge in [-0.25, -0.2) is 13.8 Å². The molecule has 0 spiro atoms. The van der Waals surface area contributed by atoms with Gasteiger partial charge in [0.2, 0.25) is 0 Å². The van der Waals surface area contributed by atoms with E-state index < -0.39 is 12.4 Å². The zero-order valence-corrected chi connectivity index (χ0v) is 11.6. The molecule has 0 saturated carbocycles. The normalized spacial score (nSPS) is 10.2. The first-order valence-corrected chi connectivity index (χ1v) is 6.10. The zero-order valence-electron chi connectivity index (χ0n) is 9.41. The van der Waals surface area contributed by atoms with E-state index in [-0.39, 0.29) is 33.5 Å². The summed E-state index contributed by atoms with van der Waals surface area (Å²) in [5.41, 5.74) is -0.283. The van der Waals surface area contributed by atoms with Crippen LogP contribution in [0.4, 0.5) is 8.78 Å². The van der Waals surface area contributed by atoms with Crippen LogP contribution >= 0.6 is 22.6 Å². The molecule has 0 atom stereocenters. The fraction of sp³-hybridized carbons (Fsp3) is 0.364. The lowest BCUT2D eigenvalue weighted by Crippen LogP contribution is -2.11. The molecule has 18 heavy (non-hydrogen) atoms. The molecule has 1 heterocycles. The van der Waals surface area contributed by atoms with E-state index in [0.29, 0.717) is 0 Å². The van der Waals surface area contributed by atoms with E-state index in [4.69, 9.17) is 10.00 Å². The number of alkyl halides is 2. The van der Waals surface area contributed by atoms with E-state index in [0.717, 1.165) is 6.07 Å². The summed E-state index contributed by atoms with van der Waals surface area (Å²) < 4.78 is 30.3. The molecule has 1 aromatic rings. The van der Waals surface area contributed by atoms with Gasteiger partial charge in [0.05, 0.1) is 22.3 Å². The Morgan fingerprint density at radius 1 is 1.67 bits per heavy atom. The second-order valence-electron chi connectivity index (χ2n) is 3.26. The Hall–Kier alpha value is -1.30. The largest absolute Gasteiger partial charge is 0.466 e. The number of carbonyl (C=O) groups is 1. The monoisotopic (exact) mass is 366 g/mol. The van der Waals surface area contributed by atoms with Crippen molar-refractivity contribution in [2.45, 2.75) is 19.8 Å². The Balaban J connectivity index is 3.11. The number of esters is 1. The minimum Gasteiger partial charge on any atom is -0.466 e. The maximum atomic E-state index is 12.8. The molecule has 0 bridgehead atoms. The van der Waals surface area contributed by atoms with Crippen LogP contribution in [0.25, 0.3) is 0 Å². The molecule has 0 fully saturated rings. The molecule has 1 rings (SSSR count). The fourth-order valence-electron chi connectivity index (χ4n) is 1.29. The lowest BCUT2D eigenvalue weighted by Gasteiger charge is -2.08. The predicted molar refractivity (Wildman–Crippen MR) is 67.0 cm³/mol. The molecule has 0 aliphatic carbocycles. The first kappa shape index (κ1) is 14.8. The van der Waals surface area contributed by atoms with Gasteiger partial charge in [-0.05, 0) is 35.6 Å². The van der Waals surface area contributed by atoms with Crippen LogP contribution in [-0.2, 0) is 16.0 Å². The number of pyridine rings is 1. The van der Waals surface area contributed by atoms with Crippen LogP contribution in [0.2, 0.25) is 0 Å². The van der Waals surface area contributed by atoms with Gasteiger partial charge in [0.1, 0.15) is 6.07 Å². The van der Waals surface area contributed by atoms with Crippen molar-refractivity contribution < 1.29 is 18.3 Å². The van der Waals surface area contributed by atoms with Crippen molar-refractivity contribution in [3.63, 3.8) is 0 Å². The second kappa shape index (κ2) is 6.58. The molecular formula is C11H9F2IN2O2. The Bertz CT molecular complexity index is 501. The molecule has 0 saturated heterocycles. The number of halogens is 3. The summed E-state index contributed by atoms with van der Waals surface area (Å²) in [5.74, 6) is -0.560. The molecule has 0 radical (unpaired) electrons. The first-order valence-electron chi connectivity index (χ1n) is 5.02. The number of nitrogens with zero attached hydrogens (tertiary/aromatic N) is 2. The van der Waals surface area contributed by atoms with Gasteiger partial charge in [-0.2, -0.15) is 5.26 Å². The van der Waals surface area contributed by atoms with Crippen molar-refractivity contribution in [3.05, 3.63) is 26.6 Å². The SMILES string of the molecule is CCOC(=O)Cc1cc(C(F)F)c(I)c(C#N)n1. The topological polar surface area (TPSA) is 63.0 Å². The highest BCUT2D eigenvalue weighted by Crippen LogP contribution is 2.26. The molecule has 0 N–H and O–H groups in total. The molecule has 0 unspecified atom stereocenters. The Kier molecular flexibility index (Phi) is 5.40. The van der Waals surface area contributed by atoms with Gasteiger partial charge in [0, 0.05) is 5.56 Å². The Morgan fingerprint density at radius 2 is 2.33 bits per heavy atom. The number of nitriles is 1. The Morgan fingerprint density at radius 3 is 2.83 bits per heavy atom. The van der Waals surface area contributed by atoms with Crippen molar-refractivity contribution >= 4 is 28.6 Å². The smallest absolute Gasteiger partial charge is 0.311 e. The summed E-state index contributed by atoms with van der Waals surface area (Å²) in [7, 11) is 0. The first-order chi connectivity index (χ1) is 8.49. The molecule has 7 heteroatoms. The third-order valence-corrected chi connectivity index (χ3v) is 3.14. The predicted octanol–water partition coefficient (Wildman–Crippen LogP) is 2.60. The van der Waals surface area contributed by atoms with E-state index >= 15 is 0 Å². The van der Waals surface area contributed by atoms with Crippen LogP contribution in [0.15, 0.2) is 6.07 Å². The standard InChI is InChI=1S/C11H9F2IN2O2/c1-2-18-9(17)4-6-3-7(11(12)13)10(14)8(5-15)16-6/h3,11H,2,4H2,1H3. The van der Waals surface area contributed by atoms with Crippen LogP contribution in [0.1, 0.15) is 30.3 Å². The van der Waals surface area contributed by atoms with Crippen molar-refractivity contribution in [1.82, 2.24) is 4.98 Å². The summed E-state index contributed by atoms with van der Waals surface area (Å²) >= 11 is 1.64. The molecule has 0 aliphatic rings. The van der Waals surface area contributed by atoms with Crippen molar-refractivity contribution in [1.29, 1.82) is 5.26 Å². The van der Waals surface area contributed by atoms with Gasteiger partial charge in [-0.3, -0.25) is 4.79 Å². The van der Waals surface area contributed by atoms with Gasteiger partial charge in [-0.15, -0.1) is 0 Å². The summed E-state index contributed by atoms with van der Waals surface area (Å²) in [6, 6.07) is 2.86. The highest BCUT2D eigenvalue weighted by Gasteiger charge is 2.18. The number of ether oxygens (including phenoxy) is 1. The average Bonchev–Trinajstić information content (AvgIpc) is 2.31. The van der Waals surface area contributed by atoms with Crippen LogP contribution in [0.5, 0.6) is 0 Å².